The number of hydrogen-bond acceptors (Lipinski definition) is 4. The van der Waals surface area contributed by atoms with Gasteiger partial charge in [-0.1, -0.05) is 0 Å². The monoisotopic (exact) mass is 239 g/mol. The smallest absolute Gasteiger partial charge is 0.220 e. The molecule has 3 N–H and O–H groups in total. The number of carbonyl (C=O) groups excluding carboxylic acids is 1. The highest BCUT2D eigenvalue weighted by Gasteiger charge is 2.13. The minimum absolute atomic E-state index is 0.0305. The van der Waals surface area contributed by atoms with Gasteiger partial charge in [0, 0.05) is 12.0 Å². The van der Waals surface area contributed by atoms with Crippen LogP contribution in [0.2, 0.25) is 0 Å². The number of aromatic nitrogens is 1. The first kappa shape index (κ1) is 13.7. The maximum Gasteiger partial charge on any atom is 0.220 e. The van der Waals surface area contributed by atoms with E-state index in [9.17, 15) is 4.79 Å². The molecule has 0 saturated carbocycles. The molecular formula is C12H21N3O2. The number of nitrogens with zero attached hydrogens (tertiary/aromatic N) is 1. The highest BCUT2D eigenvalue weighted by atomic mass is 16.4. The topological polar surface area (TPSA) is 81.2 Å². The molecule has 1 aromatic rings. The van der Waals surface area contributed by atoms with Crippen molar-refractivity contribution < 1.29 is 9.21 Å². The number of hydrogen-bond donors (Lipinski definition) is 2. The molecule has 0 bridgehead atoms. The van der Waals surface area contributed by atoms with Gasteiger partial charge in [-0.05, 0) is 34.1 Å². The second-order valence-electron chi connectivity index (χ2n) is 5.01. The molecule has 0 aliphatic carbocycles. The van der Waals surface area contributed by atoms with Crippen molar-refractivity contribution in [2.45, 2.75) is 52.6 Å². The molecule has 0 aliphatic rings. The number of aryl methyl sites for hydroxylation is 2. The van der Waals surface area contributed by atoms with Crippen LogP contribution >= 0.6 is 0 Å². The van der Waals surface area contributed by atoms with Crippen molar-refractivity contribution in [2.75, 3.05) is 0 Å². The van der Waals surface area contributed by atoms with Gasteiger partial charge >= 0.3 is 0 Å². The minimum atomic E-state index is -0.312. The maximum absolute atomic E-state index is 11.5. The number of nitrogens with two attached hydrogens (primary N) is 1. The summed E-state index contributed by atoms with van der Waals surface area (Å²) in [6.07, 6.45) is 1.07. The van der Waals surface area contributed by atoms with Gasteiger partial charge in [-0.15, -0.1) is 0 Å². The van der Waals surface area contributed by atoms with Crippen molar-refractivity contribution in [1.82, 2.24) is 10.3 Å². The number of oxazole rings is 1. The van der Waals surface area contributed by atoms with Crippen LogP contribution in [0.15, 0.2) is 4.42 Å². The fourth-order valence-corrected chi connectivity index (χ4v) is 1.31. The fourth-order valence-electron chi connectivity index (χ4n) is 1.31. The molecule has 0 fully saturated rings. The van der Waals surface area contributed by atoms with Crippen LogP contribution in [0, 0.1) is 13.8 Å². The van der Waals surface area contributed by atoms with Crippen LogP contribution in [-0.4, -0.2) is 16.4 Å². The lowest BCUT2D eigenvalue weighted by atomic mass is 10.00. The second kappa shape index (κ2) is 5.31. The summed E-state index contributed by atoms with van der Waals surface area (Å²) in [5.74, 6) is 1.30. The van der Waals surface area contributed by atoms with E-state index in [4.69, 9.17) is 10.2 Å². The lowest BCUT2D eigenvalue weighted by molar-refractivity contribution is -0.121. The van der Waals surface area contributed by atoms with Gasteiger partial charge in [0.05, 0.1) is 12.2 Å². The zero-order valence-electron chi connectivity index (χ0n) is 11.0. The summed E-state index contributed by atoms with van der Waals surface area (Å²) in [6, 6.07) is 0. The van der Waals surface area contributed by atoms with Crippen molar-refractivity contribution in [2.24, 2.45) is 5.73 Å². The molecule has 0 spiro atoms. The van der Waals surface area contributed by atoms with Gasteiger partial charge in [0.15, 0.2) is 0 Å². The maximum atomic E-state index is 11.5. The SMILES string of the molecule is Cc1nc(CNC(=O)CCC(C)(C)N)oc1C. The molecule has 1 amide bonds. The van der Waals surface area contributed by atoms with E-state index in [0.29, 0.717) is 25.3 Å². The van der Waals surface area contributed by atoms with Crippen LogP contribution in [0.1, 0.15) is 44.0 Å². The zero-order chi connectivity index (χ0) is 13.1. The van der Waals surface area contributed by atoms with Crippen molar-refractivity contribution in [3.8, 4) is 0 Å². The predicted octanol–water partition coefficient (Wildman–Crippen LogP) is 1.43. The van der Waals surface area contributed by atoms with Gasteiger partial charge in [-0.25, -0.2) is 4.98 Å². The lowest BCUT2D eigenvalue weighted by Gasteiger charge is -2.17. The Morgan fingerprint density at radius 3 is 2.59 bits per heavy atom. The van der Waals surface area contributed by atoms with E-state index in [-0.39, 0.29) is 11.4 Å². The van der Waals surface area contributed by atoms with Crippen LogP contribution in [0.3, 0.4) is 0 Å². The Kier molecular flexibility index (Phi) is 4.28. The highest BCUT2D eigenvalue weighted by Crippen LogP contribution is 2.09. The third-order valence-corrected chi connectivity index (χ3v) is 2.51. The first-order valence-electron chi connectivity index (χ1n) is 5.76. The van der Waals surface area contributed by atoms with Gasteiger partial charge in [0.25, 0.3) is 0 Å². The number of amides is 1. The molecule has 0 aliphatic heterocycles. The molecule has 1 rings (SSSR count). The van der Waals surface area contributed by atoms with Gasteiger partial charge < -0.3 is 15.5 Å². The molecule has 5 nitrogen and oxygen atoms in total. The number of nitrogens with one attached hydrogen (secondary N) is 1. The van der Waals surface area contributed by atoms with Gasteiger partial charge in [-0.2, -0.15) is 0 Å². The standard InChI is InChI=1S/C12H21N3O2/c1-8-9(2)17-11(15-8)7-14-10(16)5-6-12(3,4)13/h5-7,13H2,1-4H3,(H,14,16). The number of rotatable bonds is 5. The molecule has 0 unspecified atom stereocenters. The molecule has 0 saturated heterocycles. The van der Waals surface area contributed by atoms with E-state index in [1.807, 2.05) is 27.7 Å². The third kappa shape index (κ3) is 4.99. The van der Waals surface area contributed by atoms with E-state index in [0.717, 1.165) is 11.5 Å². The summed E-state index contributed by atoms with van der Waals surface area (Å²) in [5, 5.41) is 2.76. The van der Waals surface area contributed by atoms with Crippen LogP contribution in [-0.2, 0) is 11.3 Å². The van der Waals surface area contributed by atoms with E-state index < -0.39 is 0 Å². The van der Waals surface area contributed by atoms with Crippen LogP contribution in [0.25, 0.3) is 0 Å². The summed E-state index contributed by atoms with van der Waals surface area (Å²) < 4.78 is 5.36. The molecule has 0 aromatic carbocycles. The van der Waals surface area contributed by atoms with Gasteiger partial charge in [-0.3, -0.25) is 4.79 Å². The van der Waals surface area contributed by atoms with Crippen molar-refractivity contribution in [1.29, 1.82) is 0 Å². The molecular weight excluding hydrogens is 218 g/mol. The normalized spacial score (nSPS) is 11.6. The van der Waals surface area contributed by atoms with Crippen molar-refractivity contribution in [3.63, 3.8) is 0 Å². The summed E-state index contributed by atoms with van der Waals surface area (Å²) in [7, 11) is 0. The second-order valence-corrected chi connectivity index (χ2v) is 5.01. The summed E-state index contributed by atoms with van der Waals surface area (Å²) in [6.45, 7) is 7.87. The minimum Gasteiger partial charge on any atom is -0.444 e. The highest BCUT2D eigenvalue weighted by molar-refractivity contribution is 5.75. The molecule has 0 radical (unpaired) electrons. The molecule has 96 valence electrons. The average Bonchev–Trinajstić information content (AvgIpc) is 2.51. The lowest BCUT2D eigenvalue weighted by Crippen LogP contribution is -2.34. The zero-order valence-corrected chi connectivity index (χ0v) is 11.0. The quantitative estimate of drug-likeness (QED) is 0.814. The van der Waals surface area contributed by atoms with Gasteiger partial charge in [0.2, 0.25) is 11.8 Å². The van der Waals surface area contributed by atoms with E-state index in [1.54, 1.807) is 0 Å². The van der Waals surface area contributed by atoms with E-state index in [2.05, 4.69) is 10.3 Å². The Bertz CT molecular complexity index is 371. The van der Waals surface area contributed by atoms with E-state index in [1.165, 1.54) is 0 Å². The largest absolute Gasteiger partial charge is 0.444 e. The fraction of sp³-hybridized carbons (Fsp3) is 0.667. The molecule has 1 heterocycles. The van der Waals surface area contributed by atoms with Crippen LogP contribution in [0.4, 0.5) is 0 Å². The first-order chi connectivity index (χ1) is 7.78. The Morgan fingerprint density at radius 1 is 1.47 bits per heavy atom. The van der Waals surface area contributed by atoms with Crippen molar-refractivity contribution >= 4 is 5.91 Å². The predicted molar refractivity (Wildman–Crippen MR) is 65.3 cm³/mol. The first-order valence-corrected chi connectivity index (χ1v) is 5.76. The molecule has 0 atom stereocenters. The Balaban J connectivity index is 2.33. The van der Waals surface area contributed by atoms with Crippen LogP contribution in [0.5, 0.6) is 0 Å². The van der Waals surface area contributed by atoms with E-state index >= 15 is 0 Å². The summed E-state index contributed by atoms with van der Waals surface area (Å²) in [4.78, 5) is 15.7. The average molecular weight is 239 g/mol. The van der Waals surface area contributed by atoms with Crippen molar-refractivity contribution in [3.05, 3.63) is 17.3 Å². The Labute approximate surface area is 102 Å². The number of carbonyl (C=O) groups is 1. The summed E-state index contributed by atoms with van der Waals surface area (Å²) >= 11 is 0. The summed E-state index contributed by atoms with van der Waals surface area (Å²) in [5.41, 5.74) is 6.35. The molecule has 1 aromatic heterocycles. The Morgan fingerprint density at radius 2 is 2.12 bits per heavy atom. The van der Waals surface area contributed by atoms with Crippen LogP contribution < -0.4 is 11.1 Å². The Hall–Kier alpha value is -1.36. The molecule has 17 heavy (non-hydrogen) atoms. The van der Waals surface area contributed by atoms with Gasteiger partial charge in [0.1, 0.15) is 5.76 Å². The third-order valence-electron chi connectivity index (χ3n) is 2.51. The molecule has 5 heteroatoms.